The van der Waals surface area contributed by atoms with Crippen LogP contribution in [0.4, 0.5) is 0 Å². The van der Waals surface area contributed by atoms with E-state index < -0.39 is 26.5 Å². The number of phosphoric ester groups is 1. The van der Waals surface area contributed by atoms with Crippen molar-refractivity contribution in [2.45, 2.75) is 476 Å². The summed E-state index contributed by atoms with van der Waals surface area (Å²) < 4.78 is 34.9. The Kier molecular flexibility index (Phi) is 80.4. The number of ether oxygens (including phenoxy) is 2. The summed E-state index contributed by atoms with van der Waals surface area (Å²) >= 11 is 0. The van der Waals surface area contributed by atoms with Crippen LogP contribution in [0, 0.1) is 0 Å². The molecule has 0 fully saturated rings. The summed E-state index contributed by atoms with van der Waals surface area (Å²) in [6.45, 7) is 4.41. The maximum absolute atomic E-state index is 12.9. The van der Waals surface area contributed by atoms with Gasteiger partial charge < -0.3 is 18.9 Å². The van der Waals surface area contributed by atoms with Gasteiger partial charge in [-0.15, -0.1) is 0 Å². The number of nitrogens with zero attached hydrogens (tertiary/aromatic N) is 1. The second kappa shape index (κ2) is 82.0. The molecule has 10 heteroatoms. The van der Waals surface area contributed by atoms with E-state index in [1.165, 1.54) is 379 Å². The van der Waals surface area contributed by atoms with Gasteiger partial charge >= 0.3 is 19.8 Å². The predicted octanol–water partition coefficient (Wildman–Crippen LogP) is 30.2. The Morgan fingerprint density at radius 2 is 0.564 bits per heavy atom. The summed E-state index contributed by atoms with van der Waals surface area (Å²) in [5.74, 6) is -0.768. The second-order valence-electron chi connectivity index (χ2n) is 32.0. The van der Waals surface area contributed by atoms with Crippen molar-refractivity contribution in [2.24, 2.45) is 0 Å². The zero-order valence-electron chi connectivity index (χ0n) is 68.4. The molecule has 0 aromatic rings. The zero-order chi connectivity index (χ0) is 73.3. The third kappa shape index (κ3) is 86.8. The first-order chi connectivity index (χ1) is 49.5. The van der Waals surface area contributed by atoms with E-state index in [2.05, 4.69) is 62.5 Å². The molecule has 0 aliphatic heterocycles. The molecule has 0 aromatic carbocycles. The fourth-order valence-electron chi connectivity index (χ4n) is 13.8. The van der Waals surface area contributed by atoms with Crippen LogP contribution >= 0.6 is 7.82 Å². The van der Waals surface area contributed by atoms with E-state index in [9.17, 15) is 19.0 Å². The first kappa shape index (κ1) is 99.0. The molecule has 2 atom stereocenters. The second-order valence-corrected chi connectivity index (χ2v) is 33.4. The summed E-state index contributed by atoms with van der Waals surface area (Å²) in [6.07, 6.45) is 110. The summed E-state index contributed by atoms with van der Waals surface area (Å²) in [4.78, 5) is 36.1. The first-order valence-electron chi connectivity index (χ1n) is 44.9. The van der Waals surface area contributed by atoms with Gasteiger partial charge in [-0.3, -0.25) is 18.6 Å². The third-order valence-corrected chi connectivity index (χ3v) is 21.6. The molecular formula is C91H175NO8P+. The van der Waals surface area contributed by atoms with Gasteiger partial charge in [0.15, 0.2) is 6.10 Å². The Labute approximate surface area is 630 Å². The van der Waals surface area contributed by atoms with Crippen LogP contribution in [0.5, 0.6) is 0 Å². The van der Waals surface area contributed by atoms with Crippen molar-refractivity contribution >= 4 is 19.8 Å². The fraction of sp³-hybridized carbons (Fsp3) is 0.890. The molecule has 0 aliphatic carbocycles. The third-order valence-electron chi connectivity index (χ3n) is 20.6. The summed E-state index contributed by atoms with van der Waals surface area (Å²) in [5, 5.41) is 0. The maximum Gasteiger partial charge on any atom is 0.472 e. The molecule has 0 bridgehead atoms. The minimum atomic E-state index is -4.40. The Bertz CT molecular complexity index is 1840. The number of unbranched alkanes of at least 4 members (excludes halogenated alkanes) is 63. The number of phosphoric acid groups is 1. The average Bonchev–Trinajstić information content (AvgIpc) is 0.958. The Morgan fingerprint density at radius 3 is 0.842 bits per heavy atom. The van der Waals surface area contributed by atoms with E-state index in [1.54, 1.807) is 0 Å². The van der Waals surface area contributed by atoms with Crippen LogP contribution in [-0.4, -0.2) is 74.9 Å². The van der Waals surface area contributed by atoms with E-state index in [0.717, 1.165) is 57.8 Å². The number of carbonyl (C=O) groups is 2. The molecule has 596 valence electrons. The van der Waals surface area contributed by atoms with Crippen LogP contribution in [0.1, 0.15) is 470 Å². The van der Waals surface area contributed by atoms with E-state index >= 15 is 0 Å². The van der Waals surface area contributed by atoms with Gasteiger partial charge in [0, 0.05) is 12.8 Å². The SMILES string of the molecule is CC/C=C\C/C=C\C/C=C\C/C=C\CCCCCCCCCCCCCCCCCCCCCCCCCCC(=O)OC(COC(=O)CCCCCCCCCCCCCCCCCCCCCCCCCCCCCCCCCCCCCCCCCC)COP(=O)(O)OCC[N+](C)(C)C. The number of carbonyl (C=O) groups excluding carboxylic acids is 2. The van der Waals surface area contributed by atoms with Crippen molar-refractivity contribution in [3.8, 4) is 0 Å². The number of esters is 2. The van der Waals surface area contributed by atoms with Crippen molar-refractivity contribution in [1.82, 2.24) is 0 Å². The molecule has 0 aromatic heterocycles. The van der Waals surface area contributed by atoms with E-state index in [-0.39, 0.29) is 25.6 Å². The predicted molar refractivity (Wildman–Crippen MR) is 441 cm³/mol. The molecule has 0 spiro atoms. The minimum Gasteiger partial charge on any atom is -0.462 e. The van der Waals surface area contributed by atoms with Crippen molar-refractivity contribution in [3.63, 3.8) is 0 Å². The lowest BCUT2D eigenvalue weighted by atomic mass is 10.0. The molecule has 101 heavy (non-hydrogen) atoms. The monoisotopic (exact) mass is 1440 g/mol. The van der Waals surface area contributed by atoms with Crippen molar-refractivity contribution in [2.75, 3.05) is 47.5 Å². The Balaban J connectivity index is 3.83. The molecule has 2 unspecified atom stereocenters. The molecule has 9 nitrogen and oxygen atoms in total. The highest BCUT2D eigenvalue weighted by Crippen LogP contribution is 2.43. The van der Waals surface area contributed by atoms with Crippen LogP contribution in [0.2, 0.25) is 0 Å². The lowest BCUT2D eigenvalue weighted by Gasteiger charge is -2.24. The number of quaternary nitrogens is 1. The number of hydrogen-bond acceptors (Lipinski definition) is 7. The summed E-state index contributed by atoms with van der Waals surface area (Å²) in [6, 6.07) is 0. The van der Waals surface area contributed by atoms with Gasteiger partial charge in [0.2, 0.25) is 0 Å². The van der Waals surface area contributed by atoms with Gasteiger partial charge in [-0.25, -0.2) is 4.57 Å². The summed E-state index contributed by atoms with van der Waals surface area (Å²) in [7, 11) is 1.51. The van der Waals surface area contributed by atoms with Crippen molar-refractivity contribution in [3.05, 3.63) is 48.6 Å². The number of likely N-dealkylation sites (N-methyl/N-ethyl adjacent to an activating group) is 1. The fourth-order valence-corrected chi connectivity index (χ4v) is 14.6. The van der Waals surface area contributed by atoms with Crippen LogP contribution in [0.3, 0.4) is 0 Å². The van der Waals surface area contributed by atoms with Gasteiger partial charge in [-0.2, -0.15) is 0 Å². The highest BCUT2D eigenvalue weighted by atomic mass is 31.2. The van der Waals surface area contributed by atoms with E-state index in [1.807, 2.05) is 21.1 Å². The van der Waals surface area contributed by atoms with Crippen molar-refractivity contribution < 1.29 is 42.1 Å². The molecule has 0 saturated carbocycles. The van der Waals surface area contributed by atoms with Crippen LogP contribution in [0.25, 0.3) is 0 Å². The maximum atomic E-state index is 12.9. The molecule has 0 rings (SSSR count). The lowest BCUT2D eigenvalue weighted by molar-refractivity contribution is -0.870. The molecule has 1 N–H and O–H groups in total. The topological polar surface area (TPSA) is 108 Å². The quantitative estimate of drug-likeness (QED) is 0.0211. The summed E-state index contributed by atoms with van der Waals surface area (Å²) in [5.41, 5.74) is 0. The highest BCUT2D eigenvalue weighted by molar-refractivity contribution is 7.47. The van der Waals surface area contributed by atoms with E-state index in [0.29, 0.717) is 23.9 Å². The van der Waals surface area contributed by atoms with E-state index in [4.69, 9.17) is 18.5 Å². The lowest BCUT2D eigenvalue weighted by Crippen LogP contribution is -2.37. The standard InChI is InChI=1S/C91H174NO8P/c1-6-8-10-12-14-16-18-20-22-24-26-28-30-32-34-36-38-40-42-44-45-46-48-49-51-53-55-57-59-61-63-65-67-69-71-73-75-77-79-81-83-90(93)97-87-89(88-99-101(95,96)98-86-85-92(3,4)5)100-91(94)84-82-80-78-76-74-72-70-68-66-64-62-60-58-56-54-52-50-47-43-41-39-37-35-33-31-29-27-25-23-21-19-17-15-13-11-9-7-2/h9,11,15,17,21,23,27,29,89H,6-8,10,12-14,16,18-20,22,24-26,28,30-88H2,1-5H3/p+1/b11-9-,17-15-,23-21-,29-27-. The Morgan fingerprint density at radius 1 is 0.317 bits per heavy atom. The average molecular weight is 1440 g/mol. The number of rotatable bonds is 85. The highest BCUT2D eigenvalue weighted by Gasteiger charge is 2.27. The first-order valence-corrected chi connectivity index (χ1v) is 46.4. The van der Waals surface area contributed by atoms with Crippen molar-refractivity contribution in [1.29, 1.82) is 0 Å². The molecule has 0 amide bonds. The zero-order valence-corrected chi connectivity index (χ0v) is 69.3. The van der Waals surface area contributed by atoms with Gasteiger partial charge in [0.25, 0.3) is 0 Å². The Hall–Kier alpha value is -2.03. The van der Waals surface area contributed by atoms with Crippen LogP contribution in [0.15, 0.2) is 48.6 Å². The largest absolute Gasteiger partial charge is 0.472 e. The smallest absolute Gasteiger partial charge is 0.462 e. The van der Waals surface area contributed by atoms with Gasteiger partial charge in [-0.05, 0) is 51.4 Å². The van der Waals surface area contributed by atoms with Crippen LogP contribution < -0.4 is 0 Å². The van der Waals surface area contributed by atoms with Gasteiger partial charge in [-0.1, -0.05) is 454 Å². The van der Waals surface area contributed by atoms with Gasteiger partial charge in [0.05, 0.1) is 27.7 Å². The van der Waals surface area contributed by atoms with Gasteiger partial charge in [0.1, 0.15) is 19.8 Å². The van der Waals surface area contributed by atoms with Crippen LogP contribution in [-0.2, 0) is 32.7 Å². The number of allylic oxidation sites excluding steroid dienone is 8. The molecule has 0 saturated heterocycles. The normalized spacial score (nSPS) is 13.1. The molecule has 0 aliphatic rings. The molecule has 0 heterocycles. The molecule has 0 radical (unpaired) electrons. The number of hydrogen-bond donors (Lipinski definition) is 1. The molecular weight excluding hydrogens is 1270 g/mol. The minimum absolute atomic E-state index is 0.0354.